The molecule has 1 fully saturated rings. The number of amides is 1. The second kappa shape index (κ2) is 48.1. The van der Waals surface area contributed by atoms with E-state index < -0.39 is 67.4 Å². The van der Waals surface area contributed by atoms with E-state index in [1.807, 2.05) is 6.08 Å². The van der Waals surface area contributed by atoms with E-state index in [0.717, 1.165) is 77.0 Å². The molecule has 11 heteroatoms. The Balaban J connectivity index is 2.69. The van der Waals surface area contributed by atoms with Gasteiger partial charge >= 0.3 is 5.97 Å². The second-order valence-electron chi connectivity index (χ2n) is 20.7. The summed E-state index contributed by atoms with van der Waals surface area (Å²) in [4.78, 5) is 26.4. The summed E-state index contributed by atoms with van der Waals surface area (Å²) in [6.07, 6.45) is 43.7. The van der Waals surface area contributed by atoms with Crippen LogP contribution in [0.4, 0.5) is 0 Å². The van der Waals surface area contributed by atoms with Gasteiger partial charge in [0.15, 0.2) is 12.4 Å². The average Bonchev–Trinajstić information content (AvgIpc) is 3.36. The highest BCUT2D eigenvalue weighted by Crippen LogP contribution is 2.26. The number of ether oxygens (including phenoxy) is 3. The van der Waals surface area contributed by atoms with Crippen molar-refractivity contribution >= 4 is 11.9 Å². The molecule has 412 valence electrons. The normalized spacial score (nSPS) is 19.8. The molecule has 0 spiro atoms. The van der Waals surface area contributed by atoms with Crippen LogP contribution in [0.1, 0.15) is 278 Å². The van der Waals surface area contributed by atoms with Crippen molar-refractivity contribution in [1.29, 1.82) is 0 Å². The maximum absolute atomic E-state index is 13.4. The molecule has 1 amide bonds. The van der Waals surface area contributed by atoms with E-state index in [2.05, 4.69) is 38.2 Å². The summed E-state index contributed by atoms with van der Waals surface area (Å²) in [5, 5.41) is 56.8. The Morgan fingerprint density at radius 3 is 1.43 bits per heavy atom. The van der Waals surface area contributed by atoms with Crippen LogP contribution < -0.4 is 5.32 Å². The van der Waals surface area contributed by atoms with Gasteiger partial charge in [0, 0.05) is 6.42 Å². The molecule has 0 aromatic heterocycles. The maximum Gasteiger partial charge on any atom is 0.306 e. The van der Waals surface area contributed by atoms with Crippen LogP contribution in [0.3, 0.4) is 0 Å². The van der Waals surface area contributed by atoms with Crippen molar-refractivity contribution in [3.63, 3.8) is 0 Å². The van der Waals surface area contributed by atoms with Crippen molar-refractivity contribution in [3.05, 3.63) is 24.3 Å². The zero-order valence-electron chi connectivity index (χ0n) is 45.4. The van der Waals surface area contributed by atoms with Crippen LogP contribution in [0.25, 0.3) is 0 Å². The van der Waals surface area contributed by atoms with Gasteiger partial charge in [-0.2, -0.15) is 0 Å². The first kappa shape index (κ1) is 66.2. The van der Waals surface area contributed by atoms with Gasteiger partial charge in [0.1, 0.15) is 24.4 Å². The molecule has 1 saturated heterocycles. The number of nitrogens with one attached hydrogen (secondary N) is 1. The third kappa shape index (κ3) is 36.1. The van der Waals surface area contributed by atoms with Crippen molar-refractivity contribution in [2.75, 3.05) is 13.2 Å². The third-order valence-corrected chi connectivity index (χ3v) is 14.1. The number of allylic oxidation sites excluding steroid dienone is 3. The van der Waals surface area contributed by atoms with Crippen LogP contribution in [0.2, 0.25) is 0 Å². The quantitative estimate of drug-likeness (QED) is 0.0195. The Kier molecular flexibility index (Phi) is 45.5. The highest BCUT2D eigenvalue weighted by atomic mass is 16.7. The molecule has 1 aliphatic heterocycles. The molecule has 8 atom stereocenters. The summed E-state index contributed by atoms with van der Waals surface area (Å²) in [6.45, 7) is 5.75. The van der Waals surface area contributed by atoms with Crippen LogP contribution in [0.15, 0.2) is 24.3 Å². The fourth-order valence-electron chi connectivity index (χ4n) is 9.34. The number of rotatable bonds is 50. The van der Waals surface area contributed by atoms with E-state index in [0.29, 0.717) is 19.3 Å². The van der Waals surface area contributed by atoms with Gasteiger partial charge < -0.3 is 45.1 Å². The molecule has 1 heterocycles. The van der Waals surface area contributed by atoms with E-state index in [9.17, 15) is 35.1 Å². The van der Waals surface area contributed by atoms with Crippen LogP contribution in [0.5, 0.6) is 0 Å². The number of aliphatic hydroxyl groups is 5. The highest BCUT2D eigenvalue weighted by molar-refractivity contribution is 5.80. The summed E-state index contributed by atoms with van der Waals surface area (Å²) in [7, 11) is 0. The molecule has 8 unspecified atom stereocenters. The molecule has 0 bridgehead atoms. The minimum absolute atomic E-state index is 0.116. The fourth-order valence-corrected chi connectivity index (χ4v) is 9.34. The van der Waals surface area contributed by atoms with Crippen molar-refractivity contribution in [1.82, 2.24) is 5.32 Å². The van der Waals surface area contributed by atoms with Crippen LogP contribution in [-0.2, 0) is 23.8 Å². The van der Waals surface area contributed by atoms with Gasteiger partial charge in [-0.05, 0) is 44.9 Å². The summed E-state index contributed by atoms with van der Waals surface area (Å²) in [5.41, 5.74) is 0. The van der Waals surface area contributed by atoms with E-state index in [-0.39, 0.29) is 13.0 Å². The SMILES string of the molecule is CCCC/C=C\CCCCCCCC(=O)OC1C(OCC(NC(=O)C(O)CCCCCCCCCCCCCCCCCCCC)C(O)/C=C/CCCCCCCCCCCC)OC(CO)C(O)C1O. The van der Waals surface area contributed by atoms with E-state index in [4.69, 9.17) is 14.2 Å². The number of aliphatic hydroxyl groups excluding tert-OH is 5. The summed E-state index contributed by atoms with van der Waals surface area (Å²) in [6, 6.07) is -1.02. The molecule has 6 N–H and O–H groups in total. The van der Waals surface area contributed by atoms with Crippen LogP contribution >= 0.6 is 0 Å². The summed E-state index contributed by atoms with van der Waals surface area (Å²) >= 11 is 0. The average molecular weight is 995 g/mol. The Hall–Kier alpha value is -1.86. The van der Waals surface area contributed by atoms with Crippen molar-refractivity contribution in [2.45, 2.75) is 327 Å². The van der Waals surface area contributed by atoms with Gasteiger partial charge in [-0.3, -0.25) is 9.59 Å². The molecule has 0 aliphatic carbocycles. The molecule has 70 heavy (non-hydrogen) atoms. The number of carbonyl (C=O) groups is 2. The lowest BCUT2D eigenvalue weighted by Gasteiger charge is -2.41. The van der Waals surface area contributed by atoms with Gasteiger partial charge in [-0.25, -0.2) is 0 Å². The van der Waals surface area contributed by atoms with Crippen molar-refractivity contribution < 1.29 is 49.3 Å². The first-order valence-corrected chi connectivity index (χ1v) is 29.6. The molecular formula is C59H111NO10. The molecule has 0 aromatic rings. The molecule has 1 aliphatic rings. The van der Waals surface area contributed by atoms with Gasteiger partial charge in [0.25, 0.3) is 0 Å². The Labute approximate surface area is 429 Å². The lowest BCUT2D eigenvalue weighted by Crippen LogP contribution is -2.61. The topological polar surface area (TPSA) is 175 Å². The zero-order valence-corrected chi connectivity index (χ0v) is 45.4. The summed E-state index contributed by atoms with van der Waals surface area (Å²) in [5.74, 6) is -1.19. The van der Waals surface area contributed by atoms with Crippen molar-refractivity contribution in [3.8, 4) is 0 Å². The van der Waals surface area contributed by atoms with Crippen LogP contribution in [0, 0.1) is 0 Å². The molecular weight excluding hydrogens is 883 g/mol. The van der Waals surface area contributed by atoms with E-state index in [1.54, 1.807) is 6.08 Å². The number of hydrogen-bond donors (Lipinski definition) is 6. The molecule has 0 radical (unpaired) electrons. The standard InChI is InChI=1S/C59H111NO10/c1-4-7-10-13-16-19-22-24-25-26-27-28-29-32-34-37-40-43-46-52(63)58(67)60-50(51(62)45-42-39-36-33-31-23-20-17-14-11-8-5-2)49-68-59-57(56(66)55(65)53(48-61)69-59)70-54(64)47-44-41-38-35-30-21-18-15-12-9-6-3/h15,18,42,45,50-53,55-57,59,61-63,65-66H,4-14,16-17,19-41,43-44,46-49H2,1-3H3,(H,60,67)/b18-15-,45-42+. The van der Waals surface area contributed by atoms with Gasteiger partial charge in [0.2, 0.25) is 5.91 Å². The zero-order chi connectivity index (χ0) is 51.1. The minimum atomic E-state index is -1.61. The lowest BCUT2D eigenvalue weighted by atomic mass is 9.99. The molecule has 11 nitrogen and oxygen atoms in total. The number of carbonyl (C=O) groups excluding carboxylic acids is 2. The van der Waals surface area contributed by atoms with Gasteiger partial charge in [-0.15, -0.1) is 0 Å². The first-order chi connectivity index (χ1) is 34.2. The van der Waals surface area contributed by atoms with E-state index >= 15 is 0 Å². The Morgan fingerprint density at radius 1 is 0.543 bits per heavy atom. The largest absolute Gasteiger partial charge is 0.454 e. The molecule has 1 rings (SSSR count). The van der Waals surface area contributed by atoms with Crippen LogP contribution in [-0.4, -0.2) is 99.6 Å². The van der Waals surface area contributed by atoms with E-state index in [1.165, 1.54) is 154 Å². The number of unbranched alkanes of at least 4 members (excludes halogenated alkanes) is 34. The summed E-state index contributed by atoms with van der Waals surface area (Å²) < 4.78 is 17.5. The number of esters is 1. The molecule has 0 saturated carbocycles. The van der Waals surface area contributed by atoms with Gasteiger partial charge in [-0.1, -0.05) is 251 Å². The Morgan fingerprint density at radius 2 is 0.957 bits per heavy atom. The predicted molar refractivity (Wildman–Crippen MR) is 288 cm³/mol. The first-order valence-electron chi connectivity index (χ1n) is 29.6. The predicted octanol–water partition coefficient (Wildman–Crippen LogP) is 13.3. The fraction of sp³-hybridized carbons (Fsp3) is 0.898. The number of hydrogen-bond acceptors (Lipinski definition) is 10. The third-order valence-electron chi connectivity index (χ3n) is 14.1. The molecule has 0 aromatic carbocycles. The maximum atomic E-state index is 13.4. The Bertz CT molecular complexity index is 1230. The van der Waals surface area contributed by atoms with Gasteiger partial charge in [0.05, 0.1) is 25.4 Å². The second-order valence-corrected chi connectivity index (χ2v) is 20.7. The minimum Gasteiger partial charge on any atom is -0.454 e. The smallest absolute Gasteiger partial charge is 0.306 e. The highest BCUT2D eigenvalue weighted by Gasteiger charge is 2.47. The van der Waals surface area contributed by atoms with Crippen molar-refractivity contribution in [2.24, 2.45) is 0 Å². The lowest BCUT2D eigenvalue weighted by molar-refractivity contribution is -0.305. The monoisotopic (exact) mass is 994 g/mol.